The van der Waals surface area contributed by atoms with E-state index < -0.39 is 0 Å². The van der Waals surface area contributed by atoms with Gasteiger partial charge in [-0.1, -0.05) is 0 Å². The topological polar surface area (TPSA) is 26.0 Å². The van der Waals surface area contributed by atoms with Crippen LogP contribution in [0, 0.1) is 0 Å². The Hall–Kier alpha value is 0.177. The number of rotatable bonds is 0. The van der Waals surface area contributed by atoms with E-state index in [1.54, 1.807) is 0 Å². The fourth-order valence-corrected chi connectivity index (χ4v) is 0. The van der Waals surface area contributed by atoms with Crippen LogP contribution in [0.2, 0.25) is 0 Å². The van der Waals surface area contributed by atoms with Crippen LogP contribution < -0.4 is 5.73 Å². The number of nitrogens with two attached hydrogens (primary N) is 1. The molecule has 2 N–H and O–H groups in total. The Bertz CT molecular complexity index is 23.0. The normalized spacial score (nSPS) is 10.0. The van der Waals surface area contributed by atoms with E-state index in [0.717, 1.165) is 0 Å². The van der Waals surface area contributed by atoms with Gasteiger partial charge in [-0.3, -0.25) is 0 Å². The average Bonchev–Trinajstić information content (AvgIpc) is 0.722. The van der Waals surface area contributed by atoms with Crippen LogP contribution in [0.3, 0.4) is 0 Å². The van der Waals surface area contributed by atoms with Gasteiger partial charge in [0.05, 0.1) is 0 Å². The zero-order chi connectivity index (χ0) is 4.50. The first-order valence-electron chi connectivity index (χ1n) is 1.79. The molecule has 0 spiro atoms. The Labute approximate surface area is 43.9 Å². The van der Waals surface area contributed by atoms with Gasteiger partial charge in [-0.25, -0.2) is 0 Å². The van der Waals surface area contributed by atoms with E-state index >= 15 is 0 Å². The van der Waals surface area contributed by atoms with Crippen LogP contribution in [0.4, 0.5) is 0 Å². The quantitative estimate of drug-likeness (QED) is 0.405. The molecule has 0 atom stereocenters. The first kappa shape index (κ1) is 9.49. The largest absolute Gasteiger partial charge is 0.326 e. The first-order valence-corrected chi connectivity index (χ1v) is 1.79. The Balaban J connectivity index is 0. The molecule has 0 aliphatic rings. The second kappa shape index (κ2) is 2.37. The van der Waals surface area contributed by atoms with Crippen molar-refractivity contribution in [2.75, 3.05) is 0 Å². The Morgan fingerprint density at radius 2 is 1.17 bits per heavy atom. The predicted molar refractivity (Wildman–Crippen MR) is 35.3 cm³/mol. The highest BCUT2D eigenvalue weighted by molar-refractivity contribution is 5.75. The molecule has 0 fully saturated rings. The van der Waals surface area contributed by atoms with Gasteiger partial charge in [0.1, 0.15) is 0 Å². The second-order valence-electron chi connectivity index (χ2n) is 2.37. The molecule has 1 nitrogen and oxygen atoms in total. The third kappa shape index (κ3) is 1350. The monoisotopic (exact) mass is 105 g/mol. The van der Waals surface area contributed by atoms with E-state index in [9.17, 15) is 0 Å². The van der Waals surface area contributed by atoms with Gasteiger partial charge in [-0.2, -0.15) is 0 Å². The van der Waals surface area contributed by atoms with Gasteiger partial charge in [-0.05, 0) is 31.7 Å². The van der Waals surface area contributed by atoms with Crippen LogP contribution in [-0.4, -0.2) is 16.5 Å². The van der Waals surface area contributed by atoms with Gasteiger partial charge >= 0.3 is 0 Å². The van der Waals surface area contributed by atoms with Gasteiger partial charge in [-0.15, -0.1) is 0 Å². The van der Waals surface area contributed by atoms with Crippen molar-refractivity contribution < 1.29 is 0 Å². The molecule has 0 aromatic heterocycles. The molecule has 0 saturated carbocycles. The van der Waals surface area contributed by atoms with Crippen molar-refractivity contribution in [1.82, 2.24) is 0 Å². The summed E-state index contributed by atoms with van der Waals surface area (Å²) < 4.78 is 0. The van der Waals surface area contributed by atoms with Crippen molar-refractivity contribution in [1.29, 1.82) is 0 Å². The third-order valence-electron chi connectivity index (χ3n) is 0. The summed E-state index contributed by atoms with van der Waals surface area (Å²) in [6.45, 7) is 5.90. The lowest BCUT2D eigenvalue weighted by Crippen LogP contribution is -2.26. The maximum absolute atomic E-state index is 5.35. The average molecular weight is 105 g/mol. The molecule has 0 aromatic rings. The van der Waals surface area contributed by atoms with Crippen molar-refractivity contribution >= 4 is 11.0 Å². The van der Waals surface area contributed by atoms with E-state index in [2.05, 4.69) is 0 Å². The molecule has 0 aromatic carbocycles. The molecule has 2 heteroatoms. The molecule has 0 amide bonds. The second-order valence-corrected chi connectivity index (χ2v) is 2.37. The van der Waals surface area contributed by atoms with E-state index in [1.165, 1.54) is 0 Å². The zero-order valence-electron chi connectivity index (χ0n) is 4.08. The Morgan fingerprint density at radius 1 is 1.17 bits per heavy atom. The highest BCUT2D eigenvalue weighted by Gasteiger charge is 1.95. The Morgan fingerprint density at radius 3 is 1.17 bits per heavy atom. The molecule has 0 saturated heterocycles. The molecule has 0 heterocycles. The first-order chi connectivity index (χ1) is 2.00. The van der Waals surface area contributed by atoms with Crippen molar-refractivity contribution in [3.05, 3.63) is 0 Å². The lowest BCUT2D eigenvalue weighted by atomic mass is 10.1. The maximum atomic E-state index is 5.35. The molecule has 0 rings (SSSR count). The predicted octanol–water partition coefficient (Wildman–Crippen LogP) is -0.708. The summed E-state index contributed by atoms with van der Waals surface area (Å²) in [6, 6.07) is 0. The van der Waals surface area contributed by atoms with Crippen molar-refractivity contribution in [2.45, 2.75) is 26.3 Å². The van der Waals surface area contributed by atoms with Crippen LogP contribution in [-0.2, 0) is 0 Å². The van der Waals surface area contributed by atoms with Gasteiger partial charge in [0.25, 0.3) is 0 Å². The van der Waals surface area contributed by atoms with Crippen LogP contribution in [0.1, 0.15) is 20.8 Å². The molecular formula is C4H15NSi. The van der Waals surface area contributed by atoms with Crippen molar-refractivity contribution in [3.8, 4) is 0 Å². The van der Waals surface area contributed by atoms with Crippen LogP contribution in [0.25, 0.3) is 0 Å². The summed E-state index contributed by atoms with van der Waals surface area (Å²) in [4.78, 5) is 0. The van der Waals surface area contributed by atoms with Crippen LogP contribution in [0.15, 0.2) is 0 Å². The number of hydrogen-bond acceptors (Lipinski definition) is 1. The summed E-state index contributed by atoms with van der Waals surface area (Å²) in [5.74, 6) is 0. The van der Waals surface area contributed by atoms with Gasteiger partial charge < -0.3 is 5.73 Å². The SMILES string of the molecule is CC(C)(C)N.[SiH4]. The molecule has 6 heavy (non-hydrogen) atoms. The molecule has 0 aliphatic carbocycles. The highest BCUT2D eigenvalue weighted by atomic mass is 28.1. The van der Waals surface area contributed by atoms with Crippen LogP contribution >= 0.6 is 0 Å². The highest BCUT2D eigenvalue weighted by Crippen LogP contribution is 1.88. The summed E-state index contributed by atoms with van der Waals surface area (Å²) in [7, 11) is 0. The summed E-state index contributed by atoms with van der Waals surface area (Å²) >= 11 is 0. The maximum Gasteiger partial charge on any atom is 0.00686 e. The van der Waals surface area contributed by atoms with Crippen molar-refractivity contribution in [2.24, 2.45) is 5.73 Å². The minimum atomic E-state index is 0. The van der Waals surface area contributed by atoms with Crippen molar-refractivity contribution in [3.63, 3.8) is 0 Å². The van der Waals surface area contributed by atoms with Gasteiger partial charge in [0, 0.05) is 5.54 Å². The lowest BCUT2D eigenvalue weighted by molar-refractivity contribution is 0.580. The zero-order valence-corrected chi connectivity index (χ0v) is 4.08. The van der Waals surface area contributed by atoms with E-state index in [4.69, 9.17) is 5.73 Å². The summed E-state index contributed by atoms with van der Waals surface area (Å²) in [6.07, 6.45) is 0. The van der Waals surface area contributed by atoms with E-state index in [0.29, 0.717) is 0 Å². The minimum absolute atomic E-state index is 0. The minimum Gasteiger partial charge on any atom is -0.326 e. The molecule has 40 valence electrons. The molecule has 0 bridgehead atoms. The van der Waals surface area contributed by atoms with E-state index in [1.807, 2.05) is 20.8 Å². The number of hydrogen-bond donors (Lipinski definition) is 1. The molecule has 0 unspecified atom stereocenters. The standard InChI is InChI=1S/C4H11N.H4Si/c1-4(2,3)5;/h5H2,1-3H3;1H4. The fourth-order valence-electron chi connectivity index (χ4n) is 0. The molecule has 0 radical (unpaired) electrons. The van der Waals surface area contributed by atoms with E-state index in [-0.39, 0.29) is 16.5 Å². The fraction of sp³-hybridized carbons (Fsp3) is 1.00. The van der Waals surface area contributed by atoms with Gasteiger partial charge in [0.2, 0.25) is 0 Å². The summed E-state index contributed by atoms with van der Waals surface area (Å²) in [5.41, 5.74) is 5.35. The van der Waals surface area contributed by atoms with Crippen LogP contribution in [0.5, 0.6) is 0 Å². The molecular weight excluding hydrogens is 90.1 g/mol. The smallest absolute Gasteiger partial charge is 0.00686 e. The Kier molecular flexibility index (Phi) is 3.74. The van der Waals surface area contributed by atoms with Gasteiger partial charge in [0.15, 0.2) is 0 Å². The lowest BCUT2D eigenvalue weighted by Gasteiger charge is -2.06. The summed E-state index contributed by atoms with van der Waals surface area (Å²) in [5, 5.41) is 0. The molecule has 0 aliphatic heterocycles. The third-order valence-corrected chi connectivity index (χ3v) is 0.